The average Bonchev–Trinajstić information content (AvgIpc) is 3.41. The molecule has 0 bridgehead atoms. The van der Waals surface area contributed by atoms with Gasteiger partial charge in [0.2, 0.25) is 0 Å². The maximum Gasteiger partial charge on any atom is 0.260 e. The molecule has 0 N–H and O–H groups in total. The minimum absolute atomic E-state index is 0.0248. The third-order valence-corrected chi connectivity index (χ3v) is 8.67. The minimum atomic E-state index is 0.0248. The Balaban J connectivity index is 1.31. The van der Waals surface area contributed by atoms with Gasteiger partial charge >= 0.3 is 0 Å². The summed E-state index contributed by atoms with van der Waals surface area (Å²) in [5, 5.41) is 2.18. The molecule has 0 saturated carbocycles. The van der Waals surface area contributed by atoms with Gasteiger partial charge in [0.25, 0.3) is 6.71 Å². The van der Waals surface area contributed by atoms with Crippen LogP contribution in [0.3, 0.4) is 0 Å². The van der Waals surface area contributed by atoms with Gasteiger partial charge in [0.1, 0.15) is 28.6 Å². The second-order valence-electron chi connectivity index (χ2n) is 11.5. The predicted molar refractivity (Wildman–Crippen MR) is 176 cm³/mol. The van der Waals surface area contributed by atoms with Crippen molar-refractivity contribution in [3.63, 3.8) is 0 Å². The fraction of sp³-hybridized carbons (Fsp3) is 0.0526. The molecule has 6 aromatic carbocycles. The van der Waals surface area contributed by atoms with Crippen LogP contribution in [0.4, 0.5) is 17.1 Å². The maximum atomic E-state index is 6.71. The molecule has 0 atom stereocenters. The number of benzene rings is 6. The van der Waals surface area contributed by atoms with Crippen LogP contribution >= 0.6 is 0 Å². The number of furan rings is 1. The third kappa shape index (κ3) is 3.64. The van der Waals surface area contributed by atoms with Crippen LogP contribution in [-0.2, 0) is 0 Å². The van der Waals surface area contributed by atoms with Gasteiger partial charge in [0.15, 0.2) is 5.58 Å². The van der Waals surface area contributed by atoms with Gasteiger partial charge < -0.3 is 18.8 Å². The summed E-state index contributed by atoms with van der Waals surface area (Å²) in [6.07, 6.45) is 0. The van der Waals surface area contributed by atoms with Gasteiger partial charge in [-0.3, -0.25) is 0 Å². The van der Waals surface area contributed by atoms with Crippen molar-refractivity contribution in [1.82, 2.24) is 0 Å². The molecule has 0 amide bonds. The van der Waals surface area contributed by atoms with Gasteiger partial charge in [0.05, 0.1) is 11.4 Å². The lowest BCUT2D eigenvalue weighted by Crippen LogP contribution is -2.57. The standard InChI is InChI=1S/C38H26BNO3/c1-23-15-17-29-33(19-23)41-35-21-26(22-36-37(35)39(29)30-18-16-24(2)20-34(30)42-36)40(25-9-4-3-5-10-25)31-13-8-12-28-27-11-6-7-14-32(27)43-38(28)31/h3-22H,1-2H3. The monoisotopic (exact) mass is 555 g/mol. The van der Waals surface area contributed by atoms with Crippen LogP contribution in [0.5, 0.6) is 23.0 Å². The van der Waals surface area contributed by atoms with Crippen molar-refractivity contribution in [3.05, 3.63) is 132 Å². The fourth-order valence-corrected chi connectivity index (χ4v) is 6.73. The Kier molecular flexibility index (Phi) is 5.09. The van der Waals surface area contributed by atoms with Crippen molar-refractivity contribution in [2.24, 2.45) is 0 Å². The van der Waals surface area contributed by atoms with E-state index in [0.717, 1.165) is 89.5 Å². The Bertz CT molecular complexity index is 2160. The van der Waals surface area contributed by atoms with Gasteiger partial charge in [-0.1, -0.05) is 72.8 Å². The van der Waals surface area contributed by atoms with Crippen LogP contribution in [-0.4, -0.2) is 6.71 Å². The Labute approximate surface area is 249 Å². The first kappa shape index (κ1) is 24.2. The molecule has 3 heterocycles. The molecule has 4 nitrogen and oxygen atoms in total. The summed E-state index contributed by atoms with van der Waals surface area (Å²) in [7, 11) is 0. The number of fused-ring (bicyclic) bond motifs is 7. The molecule has 0 fully saturated rings. The Morgan fingerprint density at radius 3 is 1.86 bits per heavy atom. The first-order valence-electron chi connectivity index (χ1n) is 14.6. The molecule has 43 heavy (non-hydrogen) atoms. The van der Waals surface area contributed by atoms with Crippen LogP contribution in [0.2, 0.25) is 0 Å². The summed E-state index contributed by atoms with van der Waals surface area (Å²) in [4.78, 5) is 2.24. The van der Waals surface area contributed by atoms with E-state index in [1.807, 2.05) is 18.2 Å². The van der Waals surface area contributed by atoms with E-state index in [0.29, 0.717) is 0 Å². The van der Waals surface area contributed by atoms with Gasteiger partial charge in [-0.25, -0.2) is 0 Å². The van der Waals surface area contributed by atoms with E-state index < -0.39 is 0 Å². The Hall–Kier alpha value is -5.42. The highest BCUT2D eigenvalue weighted by atomic mass is 16.5. The second-order valence-corrected chi connectivity index (χ2v) is 11.5. The van der Waals surface area contributed by atoms with E-state index >= 15 is 0 Å². The molecule has 0 unspecified atom stereocenters. The molecule has 5 heteroatoms. The summed E-state index contributed by atoms with van der Waals surface area (Å²) < 4.78 is 19.9. The van der Waals surface area contributed by atoms with Crippen LogP contribution < -0.4 is 30.8 Å². The molecule has 0 aliphatic carbocycles. The predicted octanol–water partition coefficient (Wildman–Crippen LogP) is 8.40. The second kappa shape index (κ2) is 9.04. The van der Waals surface area contributed by atoms with E-state index in [9.17, 15) is 0 Å². The van der Waals surface area contributed by atoms with Gasteiger partial charge in [0, 0.05) is 34.1 Å². The van der Waals surface area contributed by atoms with E-state index in [4.69, 9.17) is 13.9 Å². The van der Waals surface area contributed by atoms with E-state index in [2.05, 4.69) is 122 Å². The highest BCUT2D eigenvalue weighted by molar-refractivity contribution is 6.98. The van der Waals surface area contributed by atoms with Gasteiger partial charge in [-0.2, -0.15) is 0 Å². The fourth-order valence-electron chi connectivity index (χ4n) is 6.73. The van der Waals surface area contributed by atoms with Crippen LogP contribution in [0.15, 0.2) is 126 Å². The van der Waals surface area contributed by atoms with Crippen molar-refractivity contribution >= 4 is 62.1 Å². The molecule has 2 aliphatic rings. The average molecular weight is 555 g/mol. The molecule has 2 aliphatic heterocycles. The van der Waals surface area contributed by atoms with Crippen LogP contribution in [0.1, 0.15) is 11.1 Å². The summed E-state index contributed by atoms with van der Waals surface area (Å²) in [6, 6.07) is 42.2. The van der Waals surface area contributed by atoms with Crippen molar-refractivity contribution < 1.29 is 13.9 Å². The normalized spacial score (nSPS) is 12.7. The van der Waals surface area contributed by atoms with Crippen molar-refractivity contribution in [2.45, 2.75) is 13.8 Å². The van der Waals surface area contributed by atoms with Gasteiger partial charge in [-0.05, 0) is 72.3 Å². The highest BCUT2D eigenvalue weighted by Crippen LogP contribution is 2.45. The number of hydrogen-bond donors (Lipinski definition) is 0. The molecule has 1 aromatic heterocycles. The number of para-hydroxylation sites is 3. The minimum Gasteiger partial charge on any atom is -0.458 e. The molecular weight excluding hydrogens is 529 g/mol. The number of hydrogen-bond acceptors (Lipinski definition) is 4. The molecule has 0 radical (unpaired) electrons. The smallest absolute Gasteiger partial charge is 0.260 e. The first-order valence-corrected chi connectivity index (χ1v) is 14.6. The molecule has 7 aromatic rings. The van der Waals surface area contributed by atoms with Crippen molar-refractivity contribution in [2.75, 3.05) is 4.90 Å². The summed E-state index contributed by atoms with van der Waals surface area (Å²) in [5.41, 5.74) is 10.3. The lowest BCUT2D eigenvalue weighted by molar-refractivity contribution is 0.464. The number of rotatable bonds is 3. The van der Waals surface area contributed by atoms with Gasteiger partial charge in [-0.15, -0.1) is 0 Å². The SMILES string of the molecule is Cc1ccc2c(c1)Oc1cc(N(c3ccccc3)c3cccc4c3oc3ccccc34)cc3c1B2c1ccc(C)cc1O3. The number of aryl methyl sites for hydroxylation is 2. The largest absolute Gasteiger partial charge is 0.458 e. The topological polar surface area (TPSA) is 34.8 Å². The summed E-state index contributed by atoms with van der Waals surface area (Å²) >= 11 is 0. The van der Waals surface area contributed by atoms with Crippen molar-refractivity contribution in [1.29, 1.82) is 0 Å². The summed E-state index contributed by atoms with van der Waals surface area (Å²) in [5.74, 6) is 3.39. The van der Waals surface area contributed by atoms with E-state index in [1.165, 1.54) is 0 Å². The summed E-state index contributed by atoms with van der Waals surface area (Å²) in [6.45, 7) is 4.23. The zero-order chi connectivity index (χ0) is 28.7. The number of ether oxygens (including phenoxy) is 2. The lowest BCUT2D eigenvalue weighted by Gasteiger charge is -2.35. The quantitative estimate of drug-likeness (QED) is 0.205. The van der Waals surface area contributed by atoms with E-state index in [1.54, 1.807) is 0 Å². The Morgan fingerprint density at radius 2 is 1.16 bits per heavy atom. The number of anilines is 3. The molecular formula is C38H26BNO3. The highest BCUT2D eigenvalue weighted by Gasteiger charge is 2.41. The molecule has 0 spiro atoms. The molecule has 0 saturated heterocycles. The first-order chi connectivity index (χ1) is 21.1. The lowest BCUT2D eigenvalue weighted by atomic mass is 9.35. The Morgan fingerprint density at radius 1 is 0.535 bits per heavy atom. The zero-order valence-corrected chi connectivity index (χ0v) is 23.8. The van der Waals surface area contributed by atoms with Crippen LogP contribution in [0.25, 0.3) is 21.9 Å². The third-order valence-electron chi connectivity index (χ3n) is 8.67. The maximum absolute atomic E-state index is 6.71. The van der Waals surface area contributed by atoms with E-state index in [-0.39, 0.29) is 6.71 Å². The molecule has 204 valence electrons. The van der Waals surface area contributed by atoms with Crippen LogP contribution in [0, 0.1) is 13.8 Å². The zero-order valence-electron chi connectivity index (χ0n) is 23.8. The van der Waals surface area contributed by atoms with Crippen molar-refractivity contribution in [3.8, 4) is 23.0 Å². The number of nitrogens with zero attached hydrogens (tertiary/aromatic N) is 1. The molecule has 9 rings (SSSR count).